The van der Waals surface area contributed by atoms with Gasteiger partial charge in [0.2, 0.25) is 0 Å². The average molecular weight is 267 g/mol. The minimum atomic E-state index is -0.0615. The number of aromatic hydroxyl groups is 1. The highest BCUT2D eigenvalue weighted by atomic mass is 35.5. The maximum Gasteiger partial charge on any atom is 0.154 e. The van der Waals surface area contributed by atoms with Crippen molar-refractivity contribution in [3.63, 3.8) is 0 Å². The van der Waals surface area contributed by atoms with Gasteiger partial charge in [0.1, 0.15) is 5.75 Å². The Bertz CT molecular complexity index is 559. The van der Waals surface area contributed by atoms with Crippen LogP contribution in [0, 0.1) is 0 Å². The third kappa shape index (κ3) is 2.43. The van der Waals surface area contributed by atoms with E-state index in [4.69, 9.17) is 23.2 Å². The number of halogens is 2. The number of phenols is 1. The van der Waals surface area contributed by atoms with Gasteiger partial charge in [-0.2, -0.15) is 0 Å². The van der Waals surface area contributed by atoms with Crippen LogP contribution in [0.25, 0.3) is 11.1 Å². The first-order chi connectivity index (χ1) is 8.11. The molecule has 0 aromatic heterocycles. The third-order valence-corrected chi connectivity index (χ3v) is 2.81. The van der Waals surface area contributed by atoms with Crippen LogP contribution in [0.3, 0.4) is 0 Å². The lowest BCUT2D eigenvalue weighted by Crippen LogP contribution is -1.88. The van der Waals surface area contributed by atoms with Crippen molar-refractivity contribution in [1.82, 2.24) is 0 Å². The number of aldehydes is 1. The molecule has 0 unspecified atom stereocenters. The first-order valence-corrected chi connectivity index (χ1v) is 5.61. The van der Waals surface area contributed by atoms with Crippen LogP contribution < -0.4 is 0 Å². The lowest BCUT2D eigenvalue weighted by atomic mass is 10.00. The smallest absolute Gasteiger partial charge is 0.154 e. The van der Waals surface area contributed by atoms with Crippen LogP contribution >= 0.6 is 23.2 Å². The summed E-state index contributed by atoms with van der Waals surface area (Å²) in [6.07, 6.45) is 0.611. The zero-order valence-corrected chi connectivity index (χ0v) is 10.2. The van der Waals surface area contributed by atoms with Gasteiger partial charge in [0.25, 0.3) is 0 Å². The van der Waals surface area contributed by atoms with Gasteiger partial charge in [0.05, 0.1) is 5.56 Å². The Morgan fingerprint density at radius 2 is 1.71 bits per heavy atom. The molecule has 2 nitrogen and oxygen atoms in total. The van der Waals surface area contributed by atoms with Crippen molar-refractivity contribution in [3.8, 4) is 16.9 Å². The molecule has 2 aromatic carbocycles. The van der Waals surface area contributed by atoms with Crippen LogP contribution in [0.1, 0.15) is 10.4 Å². The van der Waals surface area contributed by atoms with Gasteiger partial charge in [0, 0.05) is 10.0 Å². The predicted molar refractivity (Wildman–Crippen MR) is 69.0 cm³/mol. The molecule has 0 radical (unpaired) electrons. The Morgan fingerprint density at radius 1 is 1.06 bits per heavy atom. The van der Waals surface area contributed by atoms with Crippen LogP contribution in [0.2, 0.25) is 10.0 Å². The third-order valence-electron chi connectivity index (χ3n) is 2.37. The zero-order valence-electron chi connectivity index (χ0n) is 8.65. The van der Waals surface area contributed by atoms with Gasteiger partial charge >= 0.3 is 0 Å². The van der Waals surface area contributed by atoms with E-state index >= 15 is 0 Å². The maximum atomic E-state index is 11.0. The molecule has 0 heterocycles. The molecule has 0 aliphatic heterocycles. The van der Waals surface area contributed by atoms with Crippen molar-refractivity contribution < 1.29 is 9.90 Å². The maximum absolute atomic E-state index is 11.0. The SMILES string of the molecule is O=Cc1c(O)cccc1-c1cc(Cl)cc(Cl)c1. The van der Waals surface area contributed by atoms with Gasteiger partial charge in [-0.3, -0.25) is 4.79 Å². The summed E-state index contributed by atoms with van der Waals surface area (Å²) < 4.78 is 0. The second-order valence-electron chi connectivity index (χ2n) is 3.51. The molecular formula is C13H8Cl2O2. The van der Waals surface area contributed by atoms with Crippen molar-refractivity contribution in [2.45, 2.75) is 0 Å². The number of carbonyl (C=O) groups is 1. The Morgan fingerprint density at radius 3 is 2.29 bits per heavy atom. The number of hydrogen-bond acceptors (Lipinski definition) is 2. The van der Waals surface area contributed by atoms with Gasteiger partial charge in [-0.15, -0.1) is 0 Å². The molecule has 0 spiro atoms. The minimum absolute atomic E-state index is 0.0615. The number of carbonyl (C=O) groups excluding carboxylic acids is 1. The summed E-state index contributed by atoms with van der Waals surface area (Å²) >= 11 is 11.8. The summed E-state index contributed by atoms with van der Waals surface area (Å²) in [6.45, 7) is 0. The van der Waals surface area contributed by atoms with Gasteiger partial charge in [-0.05, 0) is 35.4 Å². The largest absolute Gasteiger partial charge is 0.507 e. The molecule has 0 saturated carbocycles. The van der Waals surface area contributed by atoms with Gasteiger partial charge in [-0.25, -0.2) is 0 Å². The van der Waals surface area contributed by atoms with E-state index < -0.39 is 0 Å². The summed E-state index contributed by atoms with van der Waals surface area (Å²) in [5, 5.41) is 10.6. The fourth-order valence-electron chi connectivity index (χ4n) is 1.64. The molecule has 0 aliphatic rings. The average Bonchev–Trinajstić information content (AvgIpc) is 2.27. The predicted octanol–water partition coefficient (Wildman–Crippen LogP) is 4.18. The fourth-order valence-corrected chi connectivity index (χ4v) is 2.16. The highest BCUT2D eigenvalue weighted by Gasteiger charge is 2.09. The molecule has 0 saturated heterocycles. The van der Waals surface area contributed by atoms with E-state index in [0.29, 0.717) is 27.5 Å². The summed E-state index contributed by atoms with van der Waals surface area (Å²) in [6, 6.07) is 9.83. The summed E-state index contributed by atoms with van der Waals surface area (Å²) in [5.41, 5.74) is 1.52. The van der Waals surface area contributed by atoms with Gasteiger partial charge < -0.3 is 5.11 Å². The molecule has 0 bridgehead atoms. The molecule has 4 heteroatoms. The normalized spacial score (nSPS) is 10.2. The molecule has 17 heavy (non-hydrogen) atoms. The van der Waals surface area contributed by atoms with Crippen LogP contribution in [0.5, 0.6) is 5.75 Å². The van der Waals surface area contributed by atoms with Crippen molar-refractivity contribution >= 4 is 29.5 Å². The molecule has 0 amide bonds. The van der Waals surface area contributed by atoms with E-state index in [9.17, 15) is 9.90 Å². The first kappa shape index (κ1) is 12.0. The van der Waals surface area contributed by atoms with Crippen molar-refractivity contribution in [2.75, 3.05) is 0 Å². The molecule has 86 valence electrons. The molecule has 0 aliphatic carbocycles. The van der Waals surface area contributed by atoms with E-state index in [1.807, 2.05) is 0 Å². The molecule has 2 aromatic rings. The van der Waals surface area contributed by atoms with Crippen LogP contribution in [0.4, 0.5) is 0 Å². The minimum Gasteiger partial charge on any atom is -0.507 e. The van der Waals surface area contributed by atoms with E-state index in [-0.39, 0.29) is 11.3 Å². The molecular weight excluding hydrogens is 259 g/mol. The quantitative estimate of drug-likeness (QED) is 0.829. The van der Waals surface area contributed by atoms with Crippen molar-refractivity contribution in [1.29, 1.82) is 0 Å². The first-order valence-electron chi connectivity index (χ1n) is 4.85. The highest BCUT2D eigenvalue weighted by molar-refractivity contribution is 6.35. The summed E-state index contributed by atoms with van der Waals surface area (Å²) in [7, 11) is 0. The Balaban J connectivity index is 2.67. The van der Waals surface area contributed by atoms with E-state index in [1.54, 1.807) is 30.3 Å². The molecule has 0 atom stereocenters. The summed E-state index contributed by atoms with van der Waals surface area (Å²) in [4.78, 5) is 11.0. The van der Waals surface area contributed by atoms with E-state index in [1.165, 1.54) is 6.07 Å². The lowest BCUT2D eigenvalue weighted by molar-refractivity contribution is 0.112. The zero-order chi connectivity index (χ0) is 12.4. The van der Waals surface area contributed by atoms with Crippen LogP contribution in [0.15, 0.2) is 36.4 Å². The second-order valence-corrected chi connectivity index (χ2v) is 4.39. The number of benzene rings is 2. The summed E-state index contributed by atoms with van der Waals surface area (Å²) in [5.74, 6) is -0.0615. The molecule has 0 fully saturated rings. The van der Waals surface area contributed by atoms with Crippen LogP contribution in [-0.4, -0.2) is 11.4 Å². The van der Waals surface area contributed by atoms with Crippen molar-refractivity contribution in [2.24, 2.45) is 0 Å². The monoisotopic (exact) mass is 266 g/mol. The number of rotatable bonds is 2. The molecule has 1 N–H and O–H groups in total. The number of hydrogen-bond donors (Lipinski definition) is 1. The molecule has 2 rings (SSSR count). The lowest BCUT2D eigenvalue weighted by Gasteiger charge is -2.07. The highest BCUT2D eigenvalue weighted by Crippen LogP contribution is 2.32. The van der Waals surface area contributed by atoms with E-state index in [2.05, 4.69) is 0 Å². The van der Waals surface area contributed by atoms with Gasteiger partial charge in [0.15, 0.2) is 6.29 Å². The van der Waals surface area contributed by atoms with Crippen molar-refractivity contribution in [3.05, 3.63) is 52.0 Å². The van der Waals surface area contributed by atoms with E-state index in [0.717, 1.165) is 0 Å². The number of phenolic OH excluding ortho intramolecular Hbond substituents is 1. The standard InChI is InChI=1S/C13H8Cl2O2/c14-9-4-8(5-10(15)6-9)11-2-1-3-13(17)12(11)7-16/h1-7,17H. The van der Waals surface area contributed by atoms with Gasteiger partial charge in [-0.1, -0.05) is 35.3 Å². The fraction of sp³-hybridized carbons (Fsp3) is 0. The Kier molecular flexibility index (Phi) is 3.36. The Labute approximate surface area is 108 Å². The second kappa shape index (κ2) is 4.78. The Hall–Kier alpha value is -1.51. The van der Waals surface area contributed by atoms with Crippen LogP contribution in [-0.2, 0) is 0 Å². The topological polar surface area (TPSA) is 37.3 Å².